The molecule has 0 bridgehead atoms. The van der Waals surface area contributed by atoms with Gasteiger partial charge in [0.05, 0.1) is 6.04 Å². The fourth-order valence-electron chi connectivity index (χ4n) is 2.17. The molecule has 21 heavy (non-hydrogen) atoms. The van der Waals surface area contributed by atoms with Crippen molar-refractivity contribution in [3.8, 4) is 0 Å². The molecule has 0 aliphatic rings. The minimum atomic E-state index is -0.334. The maximum absolute atomic E-state index is 12.6. The van der Waals surface area contributed by atoms with Gasteiger partial charge in [-0.3, -0.25) is 9.59 Å². The number of nitrogens with zero attached hydrogens (tertiary/aromatic N) is 1. The number of carbonyl (C=O) groups is 2. The largest absolute Gasteiger partial charge is 0.346 e. The van der Waals surface area contributed by atoms with Crippen LogP contribution in [-0.4, -0.2) is 41.8 Å². The van der Waals surface area contributed by atoms with Gasteiger partial charge in [-0.15, -0.1) is 0 Å². The Morgan fingerprint density at radius 1 is 1.05 bits per heavy atom. The molecule has 0 heterocycles. The summed E-state index contributed by atoms with van der Waals surface area (Å²) in [7, 11) is 1.81. The number of Topliss-reactive ketones (excluding diaryl/α,β-unsaturated/α-hetero) is 1. The number of amides is 1. The summed E-state index contributed by atoms with van der Waals surface area (Å²) in [6, 6.07) is -0.118. The van der Waals surface area contributed by atoms with Crippen LogP contribution in [0.1, 0.15) is 67.7 Å². The predicted octanol–water partition coefficient (Wildman–Crippen LogP) is 3.01. The molecule has 4 heteroatoms. The summed E-state index contributed by atoms with van der Waals surface area (Å²) in [5, 5.41) is 3.44. The van der Waals surface area contributed by atoms with E-state index in [4.69, 9.17) is 0 Å². The Balaban J connectivity index is 4.50. The van der Waals surface area contributed by atoms with Crippen molar-refractivity contribution in [2.24, 2.45) is 5.41 Å². The van der Waals surface area contributed by atoms with Gasteiger partial charge in [0.15, 0.2) is 5.78 Å². The molecule has 4 nitrogen and oxygen atoms in total. The Bertz CT molecular complexity index is 351. The number of hydrogen-bond acceptors (Lipinski definition) is 3. The number of rotatable bonds is 7. The van der Waals surface area contributed by atoms with Crippen molar-refractivity contribution in [3.05, 3.63) is 0 Å². The molecule has 0 aliphatic heterocycles. The first-order valence-electron chi connectivity index (χ1n) is 7.88. The van der Waals surface area contributed by atoms with E-state index >= 15 is 0 Å². The van der Waals surface area contributed by atoms with Crippen LogP contribution in [0.4, 0.5) is 0 Å². The van der Waals surface area contributed by atoms with E-state index in [1.807, 2.05) is 27.8 Å². The quantitative estimate of drug-likeness (QED) is 0.735. The zero-order valence-corrected chi connectivity index (χ0v) is 15.2. The van der Waals surface area contributed by atoms with Crippen LogP contribution in [0.25, 0.3) is 0 Å². The second-order valence-electron chi connectivity index (χ2n) is 8.00. The zero-order chi connectivity index (χ0) is 16.8. The van der Waals surface area contributed by atoms with Crippen LogP contribution >= 0.6 is 0 Å². The molecule has 1 unspecified atom stereocenters. The molecule has 0 saturated heterocycles. The third kappa shape index (κ3) is 8.86. The highest BCUT2D eigenvalue weighted by atomic mass is 16.2. The van der Waals surface area contributed by atoms with Crippen molar-refractivity contribution in [2.75, 3.05) is 13.6 Å². The van der Waals surface area contributed by atoms with Crippen molar-refractivity contribution in [3.63, 3.8) is 0 Å². The predicted molar refractivity (Wildman–Crippen MR) is 88.3 cm³/mol. The van der Waals surface area contributed by atoms with Crippen molar-refractivity contribution in [2.45, 2.75) is 79.3 Å². The van der Waals surface area contributed by atoms with Gasteiger partial charge in [0, 0.05) is 31.5 Å². The number of hydrogen-bond donors (Lipinski definition) is 1. The van der Waals surface area contributed by atoms with Gasteiger partial charge < -0.3 is 10.2 Å². The van der Waals surface area contributed by atoms with Crippen LogP contribution in [0.5, 0.6) is 0 Å². The molecule has 0 rings (SSSR count). The molecule has 0 aliphatic carbocycles. The molecule has 0 saturated carbocycles. The van der Waals surface area contributed by atoms with Crippen LogP contribution in [0.15, 0.2) is 0 Å². The Labute approximate surface area is 130 Å². The fraction of sp³-hybridized carbons (Fsp3) is 0.882. The lowest BCUT2D eigenvalue weighted by Crippen LogP contribution is -2.50. The summed E-state index contributed by atoms with van der Waals surface area (Å²) in [6.07, 6.45) is 2.68. The molecule has 1 N–H and O–H groups in total. The Morgan fingerprint density at radius 2 is 1.57 bits per heavy atom. The van der Waals surface area contributed by atoms with E-state index in [0.717, 1.165) is 25.8 Å². The number of ketones is 1. The summed E-state index contributed by atoms with van der Waals surface area (Å²) < 4.78 is 0. The van der Waals surface area contributed by atoms with Gasteiger partial charge in [0.1, 0.15) is 0 Å². The van der Waals surface area contributed by atoms with Gasteiger partial charge in [-0.2, -0.15) is 0 Å². The van der Waals surface area contributed by atoms with E-state index in [0.29, 0.717) is 0 Å². The van der Waals surface area contributed by atoms with E-state index in [9.17, 15) is 9.59 Å². The standard InChI is InChI=1S/C17H34N2O2/c1-13(20)19(8)12-10-9-11-14(18-17(5,6)7)15(21)16(2,3)4/h14,18H,9-12H2,1-8H3. The summed E-state index contributed by atoms with van der Waals surface area (Å²) >= 11 is 0. The highest BCUT2D eigenvalue weighted by molar-refractivity contribution is 5.88. The first kappa shape index (κ1) is 20.1. The second kappa shape index (κ2) is 7.92. The van der Waals surface area contributed by atoms with E-state index < -0.39 is 0 Å². The summed E-state index contributed by atoms with van der Waals surface area (Å²) in [4.78, 5) is 25.4. The van der Waals surface area contributed by atoms with Crippen molar-refractivity contribution in [1.29, 1.82) is 0 Å². The third-order valence-electron chi connectivity index (χ3n) is 3.44. The second-order valence-corrected chi connectivity index (χ2v) is 8.00. The monoisotopic (exact) mass is 298 g/mol. The molecule has 0 aromatic carbocycles. The molecular weight excluding hydrogens is 264 g/mol. The van der Waals surface area contributed by atoms with E-state index in [2.05, 4.69) is 26.1 Å². The average Bonchev–Trinajstić information content (AvgIpc) is 2.28. The van der Waals surface area contributed by atoms with Crippen LogP contribution in [-0.2, 0) is 9.59 Å². The van der Waals surface area contributed by atoms with Crippen molar-refractivity contribution in [1.82, 2.24) is 10.2 Å². The van der Waals surface area contributed by atoms with Gasteiger partial charge in [0.2, 0.25) is 5.91 Å². The highest BCUT2D eigenvalue weighted by Crippen LogP contribution is 2.21. The summed E-state index contributed by atoms with van der Waals surface area (Å²) in [6.45, 7) is 14.5. The van der Waals surface area contributed by atoms with Gasteiger partial charge in [0.25, 0.3) is 0 Å². The van der Waals surface area contributed by atoms with E-state index in [1.54, 1.807) is 11.8 Å². The van der Waals surface area contributed by atoms with Gasteiger partial charge in [-0.05, 0) is 40.0 Å². The van der Waals surface area contributed by atoms with Crippen molar-refractivity contribution < 1.29 is 9.59 Å². The van der Waals surface area contributed by atoms with Gasteiger partial charge in [-0.25, -0.2) is 0 Å². The minimum absolute atomic E-state index is 0.0816. The molecule has 124 valence electrons. The zero-order valence-electron chi connectivity index (χ0n) is 15.2. The molecule has 0 aromatic rings. The SMILES string of the molecule is CC(=O)N(C)CCCCC(NC(C)(C)C)C(=O)C(C)(C)C. The number of nitrogens with one attached hydrogen (secondary N) is 1. The van der Waals surface area contributed by atoms with Crippen LogP contribution < -0.4 is 5.32 Å². The molecule has 0 aromatic heterocycles. The molecule has 0 spiro atoms. The Hall–Kier alpha value is -0.900. The Kier molecular flexibility index (Phi) is 7.58. The first-order valence-corrected chi connectivity index (χ1v) is 7.88. The molecule has 0 fully saturated rings. The third-order valence-corrected chi connectivity index (χ3v) is 3.44. The van der Waals surface area contributed by atoms with Gasteiger partial charge in [-0.1, -0.05) is 20.8 Å². The summed E-state index contributed by atoms with van der Waals surface area (Å²) in [5.41, 5.74) is -0.416. The lowest BCUT2D eigenvalue weighted by atomic mass is 9.84. The topological polar surface area (TPSA) is 49.4 Å². The molecule has 0 radical (unpaired) electrons. The minimum Gasteiger partial charge on any atom is -0.346 e. The van der Waals surface area contributed by atoms with E-state index in [-0.39, 0.29) is 28.7 Å². The van der Waals surface area contributed by atoms with Crippen molar-refractivity contribution >= 4 is 11.7 Å². The average molecular weight is 298 g/mol. The van der Waals surface area contributed by atoms with Crippen LogP contribution in [0.2, 0.25) is 0 Å². The van der Waals surface area contributed by atoms with Crippen LogP contribution in [0, 0.1) is 5.41 Å². The maximum atomic E-state index is 12.6. The maximum Gasteiger partial charge on any atom is 0.219 e. The molecule has 1 atom stereocenters. The van der Waals surface area contributed by atoms with E-state index in [1.165, 1.54) is 0 Å². The van der Waals surface area contributed by atoms with Gasteiger partial charge >= 0.3 is 0 Å². The smallest absolute Gasteiger partial charge is 0.219 e. The molecule has 1 amide bonds. The normalized spacial score (nSPS) is 13.9. The van der Waals surface area contributed by atoms with Crippen LogP contribution in [0.3, 0.4) is 0 Å². The molecular formula is C17H34N2O2. The highest BCUT2D eigenvalue weighted by Gasteiger charge is 2.31. The first-order chi connectivity index (χ1) is 9.34. The Morgan fingerprint density at radius 3 is 1.95 bits per heavy atom. The number of unbranched alkanes of at least 4 members (excludes halogenated alkanes) is 1. The lowest BCUT2D eigenvalue weighted by molar-refractivity contribution is -0.129. The number of carbonyl (C=O) groups excluding carboxylic acids is 2. The lowest BCUT2D eigenvalue weighted by Gasteiger charge is -2.32. The fourth-order valence-corrected chi connectivity index (χ4v) is 2.17. The summed E-state index contributed by atoms with van der Waals surface area (Å²) in [5.74, 6) is 0.350.